The minimum absolute atomic E-state index is 0.728. The summed E-state index contributed by atoms with van der Waals surface area (Å²) in [4.78, 5) is 0. The average molecular weight is 311 g/mol. The van der Waals surface area contributed by atoms with E-state index in [4.69, 9.17) is 11.6 Å². The average Bonchev–Trinajstić information content (AvgIpc) is 2.30. The van der Waals surface area contributed by atoms with Gasteiger partial charge >= 0.3 is 0 Å². The topological polar surface area (TPSA) is 12.0 Å². The van der Waals surface area contributed by atoms with Crippen molar-refractivity contribution in [2.24, 2.45) is 0 Å². The lowest BCUT2D eigenvalue weighted by Gasteiger charge is -2.09. The van der Waals surface area contributed by atoms with E-state index in [-0.39, 0.29) is 0 Å². The molecule has 0 spiro atoms. The fraction of sp³-hybridized carbons (Fsp3) is 0.143. The van der Waals surface area contributed by atoms with Crippen LogP contribution in [0.15, 0.2) is 46.9 Å². The summed E-state index contributed by atoms with van der Waals surface area (Å²) in [6.45, 7) is 2.87. The van der Waals surface area contributed by atoms with E-state index in [1.165, 1.54) is 11.1 Å². The molecule has 0 saturated heterocycles. The fourth-order valence-electron chi connectivity index (χ4n) is 1.54. The normalized spacial score (nSPS) is 10.3. The second-order valence-electron chi connectivity index (χ2n) is 3.96. The number of aryl methyl sites for hydroxylation is 1. The van der Waals surface area contributed by atoms with Gasteiger partial charge in [-0.25, -0.2) is 0 Å². The minimum atomic E-state index is 0.728. The van der Waals surface area contributed by atoms with E-state index in [0.717, 1.165) is 21.7 Å². The molecular weight excluding hydrogens is 298 g/mol. The number of anilines is 1. The molecule has 0 amide bonds. The van der Waals surface area contributed by atoms with E-state index in [9.17, 15) is 0 Å². The first-order chi connectivity index (χ1) is 8.15. The molecule has 0 heterocycles. The zero-order valence-electron chi connectivity index (χ0n) is 9.50. The fourth-order valence-corrected chi connectivity index (χ4v) is 2.28. The molecule has 0 aromatic heterocycles. The maximum atomic E-state index is 6.13. The van der Waals surface area contributed by atoms with Gasteiger partial charge in [0.25, 0.3) is 0 Å². The number of hydrogen-bond acceptors (Lipinski definition) is 1. The number of nitrogens with one attached hydrogen (secondary N) is 1. The molecule has 0 aliphatic heterocycles. The minimum Gasteiger partial charge on any atom is -0.380 e. The zero-order valence-corrected chi connectivity index (χ0v) is 11.8. The van der Waals surface area contributed by atoms with Crippen LogP contribution in [-0.2, 0) is 6.54 Å². The Kier molecular flexibility index (Phi) is 4.08. The smallest absolute Gasteiger partial charge is 0.0648 e. The summed E-state index contributed by atoms with van der Waals surface area (Å²) in [5.41, 5.74) is 3.47. The summed E-state index contributed by atoms with van der Waals surface area (Å²) in [6.07, 6.45) is 0. The van der Waals surface area contributed by atoms with Crippen LogP contribution in [0, 0.1) is 6.92 Å². The molecule has 0 fully saturated rings. The van der Waals surface area contributed by atoms with Crippen LogP contribution >= 0.6 is 27.5 Å². The van der Waals surface area contributed by atoms with Crippen LogP contribution in [0.4, 0.5) is 5.69 Å². The maximum Gasteiger partial charge on any atom is 0.0648 e. The highest BCUT2D eigenvalue weighted by Gasteiger charge is 2.00. The molecule has 88 valence electrons. The Morgan fingerprint density at radius 1 is 1.12 bits per heavy atom. The van der Waals surface area contributed by atoms with Crippen molar-refractivity contribution >= 4 is 33.2 Å². The SMILES string of the molecule is Cc1ccc(CNc2ccc(Br)cc2Cl)cc1. The molecule has 17 heavy (non-hydrogen) atoms. The highest BCUT2D eigenvalue weighted by Crippen LogP contribution is 2.26. The second kappa shape index (κ2) is 5.56. The Bertz CT molecular complexity index is 508. The molecule has 3 heteroatoms. The molecule has 1 nitrogen and oxygen atoms in total. The highest BCUT2D eigenvalue weighted by atomic mass is 79.9. The van der Waals surface area contributed by atoms with E-state index in [0.29, 0.717) is 0 Å². The first kappa shape index (κ1) is 12.5. The molecule has 0 unspecified atom stereocenters. The molecule has 0 bridgehead atoms. The standard InChI is InChI=1S/C14H13BrClN/c1-10-2-4-11(5-3-10)9-17-14-7-6-12(15)8-13(14)16/h2-8,17H,9H2,1H3. The van der Waals surface area contributed by atoms with Gasteiger partial charge in [0.15, 0.2) is 0 Å². The van der Waals surface area contributed by atoms with Crippen molar-refractivity contribution in [2.45, 2.75) is 13.5 Å². The molecule has 2 rings (SSSR count). The van der Waals surface area contributed by atoms with Crippen LogP contribution in [0.3, 0.4) is 0 Å². The Morgan fingerprint density at radius 3 is 2.47 bits per heavy atom. The van der Waals surface area contributed by atoms with E-state index < -0.39 is 0 Å². The van der Waals surface area contributed by atoms with Gasteiger partial charge in [0.1, 0.15) is 0 Å². The second-order valence-corrected chi connectivity index (χ2v) is 5.29. The van der Waals surface area contributed by atoms with E-state index in [2.05, 4.69) is 52.4 Å². The third-order valence-electron chi connectivity index (χ3n) is 2.53. The van der Waals surface area contributed by atoms with Gasteiger partial charge in [0, 0.05) is 11.0 Å². The van der Waals surface area contributed by atoms with Crippen LogP contribution in [-0.4, -0.2) is 0 Å². The van der Waals surface area contributed by atoms with Crippen LogP contribution in [0.5, 0.6) is 0 Å². The summed E-state index contributed by atoms with van der Waals surface area (Å²) < 4.78 is 0.989. The van der Waals surface area contributed by atoms with E-state index >= 15 is 0 Å². The summed E-state index contributed by atoms with van der Waals surface area (Å²) in [5, 5.41) is 4.05. The number of hydrogen-bond donors (Lipinski definition) is 1. The van der Waals surface area contributed by atoms with Gasteiger partial charge in [-0.15, -0.1) is 0 Å². The predicted molar refractivity (Wildman–Crippen MR) is 77.7 cm³/mol. The quantitative estimate of drug-likeness (QED) is 0.839. The van der Waals surface area contributed by atoms with Crippen molar-refractivity contribution in [2.75, 3.05) is 5.32 Å². The van der Waals surface area contributed by atoms with Crippen LogP contribution in [0.2, 0.25) is 5.02 Å². The van der Waals surface area contributed by atoms with Gasteiger partial charge in [0.05, 0.1) is 10.7 Å². The van der Waals surface area contributed by atoms with Gasteiger partial charge in [-0.3, -0.25) is 0 Å². The lowest BCUT2D eigenvalue weighted by Crippen LogP contribution is -1.99. The predicted octanol–water partition coefficient (Wildman–Crippen LogP) is 5.02. The largest absolute Gasteiger partial charge is 0.380 e. The van der Waals surface area contributed by atoms with E-state index in [1.807, 2.05) is 18.2 Å². The molecule has 0 atom stereocenters. The zero-order chi connectivity index (χ0) is 12.3. The molecule has 0 aliphatic carbocycles. The molecule has 1 N–H and O–H groups in total. The van der Waals surface area contributed by atoms with Crippen molar-refractivity contribution in [3.63, 3.8) is 0 Å². The molecule has 2 aromatic carbocycles. The van der Waals surface area contributed by atoms with Crippen molar-refractivity contribution in [3.8, 4) is 0 Å². The number of halogens is 2. The highest BCUT2D eigenvalue weighted by molar-refractivity contribution is 9.10. The van der Waals surface area contributed by atoms with Gasteiger partial charge < -0.3 is 5.32 Å². The summed E-state index contributed by atoms with van der Waals surface area (Å²) in [7, 11) is 0. The molecule has 0 radical (unpaired) electrons. The number of rotatable bonds is 3. The monoisotopic (exact) mass is 309 g/mol. The van der Waals surface area contributed by atoms with Gasteiger partial charge in [-0.2, -0.15) is 0 Å². The first-order valence-electron chi connectivity index (χ1n) is 5.39. The summed E-state index contributed by atoms with van der Waals surface area (Å²) in [6, 6.07) is 14.3. The van der Waals surface area contributed by atoms with Crippen LogP contribution in [0.1, 0.15) is 11.1 Å². The third kappa shape index (κ3) is 3.48. The van der Waals surface area contributed by atoms with Gasteiger partial charge in [0.2, 0.25) is 0 Å². The van der Waals surface area contributed by atoms with Crippen molar-refractivity contribution in [3.05, 3.63) is 63.1 Å². The van der Waals surface area contributed by atoms with E-state index in [1.54, 1.807) is 0 Å². The third-order valence-corrected chi connectivity index (χ3v) is 3.34. The summed E-state index contributed by atoms with van der Waals surface area (Å²) in [5.74, 6) is 0. The Morgan fingerprint density at radius 2 is 1.82 bits per heavy atom. The van der Waals surface area contributed by atoms with Gasteiger partial charge in [-0.1, -0.05) is 57.4 Å². The Balaban J connectivity index is 2.04. The first-order valence-corrected chi connectivity index (χ1v) is 6.57. The van der Waals surface area contributed by atoms with Crippen LogP contribution < -0.4 is 5.32 Å². The van der Waals surface area contributed by atoms with Crippen molar-refractivity contribution in [1.29, 1.82) is 0 Å². The van der Waals surface area contributed by atoms with Gasteiger partial charge in [-0.05, 0) is 30.7 Å². The van der Waals surface area contributed by atoms with Crippen LogP contribution in [0.25, 0.3) is 0 Å². The Hall–Kier alpha value is -0.990. The lowest BCUT2D eigenvalue weighted by molar-refractivity contribution is 1.14. The lowest BCUT2D eigenvalue weighted by atomic mass is 10.1. The summed E-state index contributed by atoms with van der Waals surface area (Å²) >= 11 is 9.52. The molecule has 2 aromatic rings. The molecule has 0 aliphatic rings. The maximum absolute atomic E-state index is 6.13. The van der Waals surface area contributed by atoms with Crippen molar-refractivity contribution < 1.29 is 0 Å². The van der Waals surface area contributed by atoms with Crippen molar-refractivity contribution in [1.82, 2.24) is 0 Å². The Labute approximate surface area is 115 Å². The molecular formula is C14H13BrClN. The molecule has 0 saturated carbocycles. The number of benzene rings is 2.